The van der Waals surface area contributed by atoms with E-state index in [9.17, 15) is 0 Å². The fourth-order valence-corrected chi connectivity index (χ4v) is 7.83. The van der Waals surface area contributed by atoms with Crippen LogP contribution in [0.5, 0.6) is 0 Å². The molecular weight excluding hydrogens is 601 g/mol. The molecule has 0 aliphatic carbocycles. The lowest BCUT2D eigenvalue weighted by atomic mass is 9.76. The van der Waals surface area contributed by atoms with Crippen molar-refractivity contribution in [2.75, 3.05) is 0 Å². The molecule has 0 heterocycles. The Bertz CT molecular complexity index is 2320. The molecule has 0 saturated carbocycles. The Labute approximate surface area is 297 Å². The summed E-state index contributed by atoms with van der Waals surface area (Å²) in [5.74, 6) is 0.813. The van der Waals surface area contributed by atoms with Crippen LogP contribution >= 0.6 is 0 Å². The van der Waals surface area contributed by atoms with Crippen LogP contribution in [0, 0.1) is 13.8 Å². The Morgan fingerprint density at radius 1 is 0.320 bits per heavy atom. The van der Waals surface area contributed by atoms with E-state index in [1.165, 1.54) is 99.1 Å². The Morgan fingerprint density at radius 3 is 0.980 bits per heavy atom. The van der Waals surface area contributed by atoms with Crippen molar-refractivity contribution in [1.82, 2.24) is 0 Å². The van der Waals surface area contributed by atoms with Crippen LogP contribution in [-0.2, 0) is 0 Å². The van der Waals surface area contributed by atoms with Crippen molar-refractivity contribution < 1.29 is 0 Å². The van der Waals surface area contributed by atoms with Gasteiger partial charge < -0.3 is 0 Å². The molecule has 0 aliphatic heterocycles. The second kappa shape index (κ2) is 12.8. The molecule has 0 saturated heterocycles. The molecule has 244 valence electrons. The topological polar surface area (TPSA) is 0 Å². The van der Waals surface area contributed by atoms with Crippen LogP contribution in [-0.4, -0.2) is 0 Å². The largest absolute Gasteiger partial charge is 0.0622 e. The third-order valence-electron chi connectivity index (χ3n) is 10.6. The van der Waals surface area contributed by atoms with Crippen molar-refractivity contribution in [3.8, 4) is 44.5 Å². The molecule has 8 aromatic rings. The number of hydrogen-bond acceptors (Lipinski definition) is 0. The van der Waals surface area contributed by atoms with Gasteiger partial charge in [-0.15, -0.1) is 0 Å². The summed E-state index contributed by atoms with van der Waals surface area (Å²) in [5.41, 5.74) is 15.4. The van der Waals surface area contributed by atoms with Crippen molar-refractivity contribution in [1.29, 1.82) is 0 Å². The van der Waals surface area contributed by atoms with Gasteiger partial charge in [-0.3, -0.25) is 0 Å². The van der Waals surface area contributed by atoms with E-state index in [0.29, 0.717) is 11.8 Å². The molecule has 0 aliphatic rings. The second-order valence-corrected chi connectivity index (χ2v) is 14.6. The minimum absolute atomic E-state index is 0.406. The first-order valence-corrected chi connectivity index (χ1v) is 18.1. The predicted molar refractivity (Wildman–Crippen MR) is 218 cm³/mol. The zero-order chi connectivity index (χ0) is 34.5. The number of aryl methyl sites for hydroxylation is 2. The highest BCUT2D eigenvalue weighted by molar-refractivity contribution is 6.34. The van der Waals surface area contributed by atoms with Gasteiger partial charge >= 0.3 is 0 Å². The van der Waals surface area contributed by atoms with Crippen molar-refractivity contribution >= 4 is 32.3 Å². The number of hydrogen-bond donors (Lipinski definition) is 0. The van der Waals surface area contributed by atoms with Crippen LogP contribution in [0.1, 0.15) is 61.8 Å². The third kappa shape index (κ3) is 5.40. The summed E-state index contributed by atoms with van der Waals surface area (Å²) < 4.78 is 0. The zero-order valence-electron chi connectivity index (χ0n) is 30.0. The van der Waals surface area contributed by atoms with Gasteiger partial charge in [0.1, 0.15) is 0 Å². The van der Waals surface area contributed by atoms with Crippen LogP contribution < -0.4 is 0 Å². The smallest absolute Gasteiger partial charge is 0.000139 e. The fourth-order valence-electron chi connectivity index (χ4n) is 7.83. The SMILES string of the molecule is Cc1ccc(-c2c3cc(C(C)C)ccc3c(-c3ccccc3)c3c(-c4ccc(C)cc4)c4cc(C(C)C)ccc4c(-c4ccccc4)c23)cc1. The van der Waals surface area contributed by atoms with Gasteiger partial charge in [0.2, 0.25) is 0 Å². The van der Waals surface area contributed by atoms with Crippen LogP contribution in [0.15, 0.2) is 146 Å². The molecule has 0 spiro atoms. The van der Waals surface area contributed by atoms with E-state index in [-0.39, 0.29) is 0 Å². The third-order valence-corrected chi connectivity index (χ3v) is 10.6. The Morgan fingerprint density at radius 2 is 0.640 bits per heavy atom. The van der Waals surface area contributed by atoms with Gasteiger partial charge in [-0.05, 0) is 114 Å². The van der Waals surface area contributed by atoms with Gasteiger partial charge in [-0.25, -0.2) is 0 Å². The zero-order valence-corrected chi connectivity index (χ0v) is 30.0. The Balaban J connectivity index is 1.77. The van der Waals surface area contributed by atoms with Gasteiger partial charge in [-0.2, -0.15) is 0 Å². The van der Waals surface area contributed by atoms with E-state index in [4.69, 9.17) is 0 Å². The summed E-state index contributed by atoms with van der Waals surface area (Å²) in [6.07, 6.45) is 0. The first-order valence-electron chi connectivity index (χ1n) is 18.1. The summed E-state index contributed by atoms with van der Waals surface area (Å²) in [6.45, 7) is 13.6. The quantitative estimate of drug-likeness (QED) is 0.158. The van der Waals surface area contributed by atoms with E-state index in [0.717, 1.165) is 0 Å². The lowest BCUT2D eigenvalue weighted by molar-refractivity contribution is 0.869. The highest BCUT2D eigenvalue weighted by Gasteiger charge is 2.26. The lowest BCUT2D eigenvalue weighted by Gasteiger charge is -2.26. The van der Waals surface area contributed by atoms with Crippen molar-refractivity contribution in [3.63, 3.8) is 0 Å². The average molecular weight is 645 g/mol. The molecule has 0 atom stereocenters. The molecule has 50 heavy (non-hydrogen) atoms. The van der Waals surface area contributed by atoms with Crippen molar-refractivity contribution in [2.45, 2.75) is 53.4 Å². The predicted octanol–water partition coefficient (Wildman–Crippen LogP) is 14.7. The summed E-state index contributed by atoms with van der Waals surface area (Å²) >= 11 is 0. The van der Waals surface area contributed by atoms with E-state index >= 15 is 0 Å². The Hall–Kier alpha value is -5.46. The maximum atomic E-state index is 2.48. The molecule has 0 radical (unpaired) electrons. The maximum absolute atomic E-state index is 2.48. The minimum Gasteiger partial charge on any atom is -0.0622 e. The van der Waals surface area contributed by atoms with Gasteiger partial charge in [0.25, 0.3) is 0 Å². The second-order valence-electron chi connectivity index (χ2n) is 14.6. The summed E-state index contributed by atoms with van der Waals surface area (Å²) in [7, 11) is 0. The molecular formula is C50H44. The number of benzene rings is 8. The van der Waals surface area contributed by atoms with E-state index in [1.54, 1.807) is 0 Å². The summed E-state index contributed by atoms with van der Waals surface area (Å²) in [6, 6.07) is 55.1. The highest BCUT2D eigenvalue weighted by Crippen LogP contribution is 2.54. The molecule has 0 bridgehead atoms. The van der Waals surface area contributed by atoms with Crippen molar-refractivity contribution in [3.05, 3.63) is 168 Å². The molecule has 0 N–H and O–H groups in total. The highest BCUT2D eigenvalue weighted by atomic mass is 14.3. The molecule has 0 amide bonds. The molecule has 0 heteroatoms. The molecule has 0 aromatic heterocycles. The van der Waals surface area contributed by atoms with Gasteiger partial charge in [-0.1, -0.05) is 184 Å². The maximum Gasteiger partial charge on any atom is -0.000139 e. The first-order chi connectivity index (χ1) is 24.3. The molecule has 8 rings (SSSR count). The average Bonchev–Trinajstić information content (AvgIpc) is 3.14. The Kier molecular flexibility index (Phi) is 8.12. The van der Waals surface area contributed by atoms with Crippen LogP contribution in [0.25, 0.3) is 76.8 Å². The van der Waals surface area contributed by atoms with Crippen LogP contribution in [0.3, 0.4) is 0 Å². The fraction of sp³-hybridized carbons (Fsp3) is 0.160. The monoisotopic (exact) mass is 644 g/mol. The van der Waals surface area contributed by atoms with Crippen LogP contribution in [0.2, 0.25) is 0 Å². The number of rotatable bonds is 6. The first kappa shape index (κ1) is 31.8. The van der Waals surface area contributed by atoms with Crippen molar-refractivity contribution in [2.24, 2.45) is 0 Å². The van der Waals surface area contributed by atoms with Gasteiger partial charge in [0, 0.05) is 0 Å². The van der Waals surface area contributed by atoms with Crippen LogP contribution in [0.4, 0.5) is 0 Å². The molecule has 0 unspecified atom stereocenters. The standard InChI is InChI=1S/C50H44/c1-31(2)39-25-27-41-43(29-39)47(37-21-17-33(5)18-22-37)49-46(36-15-11-8-12-16-36)42-28-26-40(32(3)4)30-44(42)48(38-23-19-34(6)20-24-38)50(49)45(41)35-13-9-7-10-14-35/h7-32H,1-6H3. The van der Waals surface area contributed by atoms with Gasteiger partial charge in [0.05, 0.1) is 0 Å². The normalized spacial score (nSPS) is 11.8. The number of fused-ring (bicyclic) bond motifs is 3. The molecule has 0 nitrogen and oxygen atoms in total. The minimum atomic E-state index is 0.406. The van der Waals surface area contributed by atoms with Gasteiger partial charge in [0.15, 0.2) is 0 Å². The van der Waals surface area contributed by atoms with E-state index < -0.39 is 0 Å². The van der Waals surface area contributed by atoms with E-state index in [2.05, 4.69) is 187 Å². The lowest BCUT2D eigenvalue weighted by Crippen LogP contribution is -1.99. The molecule has 8 aromatic carbocycles. The summed E-state index contributed by atoms with van der Waals surface area (Å²) in [5, 5.41) is 7.80. The van der Waals surface area contributed by atoms with E-state index in [1.807, 2.05) is 0 Å². The molecule has 0 fully saturated rings. The summed E-state index contributed by atoms with van der Waals surface area (Å²) in [4.78, 5) is 0.